The van der Waals surface area contributed by atoms with Gasteiger partial charge in [0.05, 0.1) is 0 Å². The molecule has 1 atom stereocenters. The van der Waals surface area contributed by atoms with Crippen LogP contribution in [0.1, 0.15) is 24.0 Å². The molecule has 22 heavy (non-hydrogen) atoms. The Morgan fingerprint density at radius 1 is 0.682 bits per heavy atom. The third-order valence-electron chi connectivity index (χ3n) is 3.93. The van der Waals surface area contributed by atoms with E-state index in [2.05, 4.69) is 79.0 Å². The highest BCUT2D eigenvalue weighted by Crippen LogP contribution is 2.23. The Labute approximate surface area is 132 Å². The van der Waals surface area contributed by atoms with Gasteiger partial charge in [-0.15, -0.1) is 0 Å². The van der Waals surface area contributed by atoms with Crippen LogP contribution in [0.2, 0.25) is 0 Å². The van der Waals surface area contributed by atoms with Crippen molar-refractivity contribution in [1.82, 2.24) is 0 Å². The van der Waals surface area contributed by atoms with Gasteiger partial charge in [-0.3, -0.25) is 0 Å². The number of nitrogens with one attached hydrogen (secondary N) is 1. The summed E-state index contributed by atoms with van der Waals surface area (Å²) in [5.74, 6) is 0.521. The van der Waals surface area contributed by atoms with E-state index in [1.54, 1.807) is 0 Å². The largest absolute Gasteiger partial charge is 0.356 e. The van der Waals surface area contributed by atoms with Crippen molar-refractivity contribution < 1.29 is 0 Å². The molecular weight excluding hydrogens is 266 g/mol. The molecule has 3 aromatic carbocycles. The molecule has 0 unspecified atom stereocenters. The van der Waals surface area contributed by atoms with Gasteiger partial charge in [-0.05, 0) is 47.7 Å². The van der Waals surface area contributed by atoms with E-state index < -0.39 is 0 Å². The lowest BCUT2D eigenvalue weighted by atomic mass is 9.94. The molecule has 0 saturated heterocycles. The predicted molar refractivity (Wildman–Crippen MR) is 94.7 cm³/mol. The average Bonchev–Trinajstić information content (AvgIpc) is 2.57. The number of hydrogen-bond donors (Lipinski definition) is 1. The van der Waals surface area contributed by atoms with Crippen molar-refractivity contribution >= 4 is 11.4 Å². The van der Waals surface area contributed by atoms with Crippen LogP contribution in [0.25, 0.3) is 0 Å². The summed E-state index contributed by atoms with van der Waals surface area (Å²) in [6.07, 6.45) is 1.08. The van der Waals surface area contributed by atoms with Crippen LogP contribution in [0.4, 0.5) is 11.4 Å². The van der Waals surface area contributed by atoms with E-state index in [9.17, 15) is 0 Å². The molecule has 1 N–H and O–H groups in total. The Kier molecular flexibility index (Phi) is 4.55. The summed E-state index contributed by atoms with van der Waals surface area (Å²) < 4.78 is 0. The van der Waals surface area contributed by atoms with Gasteiger partial charge in [0.15, 0.2) is 0 Å². The van der Waals surface area contributed by atoms with Crippen LogP contribution in [0, 0.1) is 0 Å². The fourth-order valence-corrected chi connectivity index (χ4v) is 2.67. The van der Waals surface area contributed by atoms with Crippen LogP contribution in [-0.4, -0.2) is 0 Å². The molecule has 0 aliphatic rings. The maximum absolute atomic E-state index is 3.42. The Morgan fingerprint density at radius 2 is 1.23 bits per heavy atom. The lowest BCUT2D eigenvalue weighted by molar-refractivity contribution is 0.759. The van der Waals surface area contributed by atoms with Crippen LogP contribution < -0.4 is 5.32 Å². The summed E-state index contributed by atoms with van der Waals surface area (Å²) in [6, 6.07) is 29.7. The lowest BCUT2D eigenvalue weighted by Crippen LogP contribution is -1.98. The molecule has 1 nitrogen and oxygen atoms in total. The normalized spacial score (nSPS) is 11.9. The van der Waals surface area contributed by atoms with Gasteiger partial charge < -0.3 is 5.32 Å². The summed E-state index contributed by atoms with van der Waals surface area (Å²) in [5.41, 5.74) is 5.01. The second-order valence-corrected chi connectivity index (χ2v) is 5.70. The molecule has 1 heteroatoms. The molecule has 0 spiro atoms. The van der Waals surface area contributed by atoms with Crippen LogP contribution in [0.15, 0.2) is 84.9 Å². The summed E-state index contributed by atoms with van der Waals surface area (Å²) in [7, 11) is 0. The van der Waals surface area contributed by atoms with Crippen molar-refractivity contribution in [2.75, 3.05) is 5.32 Å². The van der Waals surface area contributed by atoms with Crippen LogP contribution in [-0.2, 0) is 6.42 Å². The highest BCUT2D eigenvalue weighted by Gasteiger charge is 2.06. The minimum absolute atomic E-state index is 0.521. The first-order valence-electron chi connectivity index (χ1n) is 7.77. The van der Waals surface area contributed by atoms with Gasteiger partial charge in [-0.25, -0.2) is 0 Å². The van der Waals surface area contributed by atoms with Gasteiger partial charge in [0.25, 0.3) is 0 Å². The van der Waals surface area contributed by atoms with Gasteiger partial charge in [-0.2, -0.15) is 0 Å². The molecule has 0 aliphatic carbocycles. The Hall–Kier alpha value is -2.54. The molecule has 3 aromatic rings. The molecule has 0 aromatic heterocycles. The topological polar surface area (TPSA) is 12.0 Å². The van der Waals surface area contributed by atoms with Crippen LogP contribution >= 0.6 is 0 Å². The van der Waals surface area contributed by atoms with E-state index in [-0.39, 0.29) is 0 Å². The van der Waals surface area contributed by atoms with E-state index in [1.165, 1.54) is 11.1 Å². The van der Waals surface area contributed by atoms with Gasteiger partial charge >= 0.3 is 0 Å². The number of para-hydroxylation sites is 1. The number of rotatable bonds is 5. The molecule has 0 saturated carbocycles. The molecule has 0 radical (unpaired) electrons. The summed E-state index contributed by atoms with van der Waals surface area (Å²) >= 11 is 0. The van der Waals surface area contributed by atoms with Crippen LogP contribution in [0.3, 0.4) is 0 Å². The minimum atomic E-state index is 0.521. The first-order valence-corrected chi connectivity index (χ1v) is 7.77. The Morgan fingerprint density at radius 3 is 1.86 bits per heavy atom. The summed E-state index contributed by atoms with van der Waals surface area (Å²) in [6.45, 7) is 2.28. The zero-order chi connectivity index (χ0) is 15.2. The molecule has 0 aliphatic heterocycles. The van der Waals surface area contributed by atoms with Crippen molar-refractivity contribution in [3.63, 3.8) is 0 Å². The maximum atomic E-state index is 3.42. The lowest BCUT2D eigenvalue weighted by Gasteiger charge is -2.13. The van der Waals surface area contributed by atoms with E-state index in [4.69, 9.17) is 0 Å². The van der Waals surface area contributed by atoms with Gasteiger partial charge in [0.1, 0.15) is 0 Å². The highest BCUT2D eigenvalue weighted by atomic mass is 14.9. The fourth-order valence-electron chi connectivity index (χ4n) is 2.67. The molecule has 0 fully saturated rings. The Balaban J connectivity index is 1.66. The number of hydrogen-bond acceptors (Lipinski definition) is 1. The Bertz CT molecular complexity index is 687. The van der Waals surface area contributed by atoms with Crippen LogP contribution in [0.5, 0.6) is 0 Å². The van der Waals surface area contributed by atoms with Crippen molar-refractivity contribution in [2.45, 2.75) is 19.3 Å². The first kappa shape index (κ1) is 14.4. The van der Waals surface area contributed by atoms with Crippen molar-refractivity contribution in [2.24, 2.45) is 0 Å². The second-order valence-electron chi connectivity index (χ2n) is 5.70. The quantitative estimate of drug-likeness (QED) is 0.627. The number of benzene rings is 3. The maximum Gasteiger partial charge on any atom is 0.0384 e. The summed E-state index contributed by atoms with van der Waals surface area (Å²) in [5, 5.41) is 3.42. The van der Waals surface area contributed by atoms with E-state index in [1.807, 2.05) is 18.2 Å². The monoisotopic (exact) mass is 287 g/mol. The van der Waals surface area contributed by atoms with Gasteiger partial charge in [-0.1, -0.05) is 67.6 Å². The third kappa shape index (κ3) is 3.76. The molecule has 3 rings (SSSR count). The molecular formula is C21H21N. The van der Waals surface area contributed by atoms with Crippen molar-refractivity contribution in [1.29, 1.82) is 0 Å². The zero-order valence-corrected chi connectivity index (χ0v) is 12.9. The minimum Gasteiger partial charge on any atom is -0.356 e. The van der Waals surface area contributed by atoms with Crippen molar-refractivity contribution in [3.8, 4) is 0 Å². The smallest absolute Gasteiger partial charge is 0.0384 e. The fraction of sp³-hybridized carbons (Fsp3) is 0.143. The number of anilines is 2. The SMILES string of the molecule is C[C@@H](Cc1ccccc1)c1ccc(Nc2ccccc2)cc1. The van der Waals surface area contributed by atoms with E-state index in [0.29, 0.717) is 5.92 Å². The van der Waals surface area contributed by atoms with Crippen molar-refractivity contribution in [3.05, 3.63) is 96.1 Å². The van der Waals surface area contributed by atoms with E-state index in [0.717, 1.165) is 17.8 Å². The molecule has 0 amide bonds. The van der Waals surface area contributed by atoms with Gasteiger partial charge in [0, 0.05) is 11.4 Å². The first-order chi connectivity index (χ1) is 10.8. The van der Waals surface area contributed by atoms with E-state index >= 15 is 0 Å². The zero-order valence-electron chi connectivity index (χ0n) is 12.9. The molecule has 0 heterocycles. The molecule has 110 valence electrons. The predicted octanol–water partition coefficient (Wildman–Crippen LogP) is 5.78. The third-order valence-corrected chi connectivity index (χ3v) is 3.93. The average molecular weight is 287 g/mol. The highest BCUT2D eigenvalue weighted by molar-refractivity contribution is 5.59. The molecule has 0 bridgehead atoms. The van der Waals surface area contributed by atoms with Gasteiger partial charge in [0.2, 0.25) is 0 Å². The summed E-state index contributed by atoms with van der Waals surface area (Å²) in [4.78, 5) is 0. The standard InChI is InChI=1S/C21H21N/c1-17(16-18-8-4-2-5-9-18)19-12-14-21(15-13-19)22-20-10-6-3-7-11-20/h2-15,17,22H,16H2,1H3/t17-/m0/s1. The second kappa shape index (κ2) is 6.95.